The van der Waals surface area contributed by atoms with Gasteiger partial charge in [-0.1, -0.05) is 37.3 Å². The Bertz CT molecular complexity index is 755. The molecule has 6 heteroatoms. The standard InChI is InChI=1S/C17H19NO4S/c1-3-18(23(20,21)16-7-5-4-6-8-16)13-14-9-11-15(12-10-14)17(19)22-2/h4-12H,3,13H2,1-2H3. The van der Waals surface area contributed by atoms with E-state index in [0.717, 1.165) is 5.56 Å². The molecule has 0 amide bonds. The summed E-state index contributed by atoms with van der Waals surface area (Å²) in [5.41, 5.74) is 1.24. The summed E-state index contributed by atoms with van der Waals surface area (Å²) in [4.78, 5) is 11.7. The van der Waals surface area contributed by atoms with Crippen molar-refractivity contribution in [3.8, 4) is 0 Å². The van der Waals surface area contributed by atoms with Crippen LogP contribution in [0, 0.1) is 0 Å². The van der Waals surface area contributed by atoms with E-state index in [-0.39, 0.29) is 11.4 Å². The van der Waals surface area contributed by atoms with Crippen molar-refractivity contribution in [2.45, 2.75) is 18.4 Å². The number of ether oxygens (including phenoxy) is 1. The van der Waals surface area contributed by atoms with Crippen molar-refractivity contribution in [2.24, 2.45) is 0 Å². The van der Waals surface area contributed by atoms with Crippen LogP contribution in [0.3, 0.4) is 0 Å². The maximum Gasteiger partial charge on any atom is 0.337 e. The highest BCUT2D eigenvalue weighted by molar-refractivity contribution is 7.89. The molecule has 122 valence electrons. The molecule has 0 aromatic heterocycles. The highest BCUT2D eigenvalue weighted by Gasteiger charge is 2.22. The highest BCUT2D eigenvalue weighted by Crippen LogP contribution is 2.18. The molecular formula is C17H19NO4S. The van der Waals surface area contributed by atoms with Gasteiger partial charge in [0.2, 0.25) is 10.0 Å². The largest absolute Gasteiger partial charge is 0.465 e. The fraction of sp³-hybridized carbons (Fsp3) is 0.235. The quantitative estimate of drug-likeness (QED) is 0.763. The Morgan fingerprint density at radius 2 is 1.65 bits per heavy atom. The van der Waals surface area contributed by atoms with Gasteiger partial charge in [-0.3, -0.25) is 0 Å². The lowest BCUT2D eigenvalue weighted by atomic mass is 10.1. The predicted molar refractivity (Wildman–Crippen MR) is 87.5 cm³/mol. The van der Waals surface area contributed by atoms with Gasteiger partial charge in [0.1, 0.15) is 0 Å². The minimum Gasteiger partial charge on any atom is -0.465 e. The van der Waals surface area contributed by atoms with E-state index in [1.54, 1.807) is 61.5 Å². The Morgan fingerprint density at radius 3 is 2.17 bits per heavy atom. The molecule has 0 fully saturated rings. The van der Waals surface area contributed by atoms with E-state index in [4.69, 9.17) is 0 Å². The van der Waals surface area contributed by atoms with Crippen LogP contribution in [0.25, 0.3) is 0 Å². The lowest BCUT2D eigenvalue weighted by Crippen LogP contribution is -2.30. The van der Waals surface area contributed by atoms with E-state index in [0.29, 0.717) is 12.1 Å². The van der Waals surface area contributed by atoms with Gasteiger partial charge in [0.05, 0.1) is 17.6 Å². The van der Waals surface area contributed by atoms with Crippen LogP contribution < -0.4 is 0 Å². The molecule has 0 spiro atoms. The van der Waals surface area contributed by atoms with Gasteiger partial charge in [0.15, 0.2) is 0 Å². The maximum absolute atomic E-state index is 12.6. The Hall–Kier alpha value is -2.18. The Morgan fingerprint density at radius 1 is 1.04 bits per heavy atom. The average molecular weight is 333 g/mol. The van der Waals surface area contributed by atoms with Crippen molar-refractivity contribution < 1.29 is 17.9 Å². The van der Waals surface area contributed by atoms with Gasteiger partial charge >= 0.3 is 5.97 Å². The minimum absolute atomic E-state index is 0.245. The molecule has 0 aliphatic rings. The zero-order valence-electron chi connectivity index (χ0n) is 13.1. The zero-order chi connectivity index (χ0) is 16.9. The van der Waals surface area contributed by atoms with Gasteiger partial charge in [-0.2, -0.15) is 4.31 Å². The van der Waals surface area contributed by atoms with Crippen molar-refractivity contribution in [1.29, 1.82) is 0 Å². The van der Waals surface area contributed by atoms with Crippen LogP contribution in [-0.4, -0.2) is 32.3 Å². The molecule has 2 aromatic carbocycles. The van der Waals surface area contributed by atoms with Crippen LogP contribution in [-0.2, 0) is 21.3 Å². The van der Waals surface area contributed by atoms with E-state index < -0.39 is 16.0 Å². The molecule has 0 saturated carbocycles. The van der Waals surface area contributed by atoms with Crippen molar-refractivity contribution in [2.75, 3.05) is 13.7 Å². The lowest BCUT2D eigenvalue weighted by Gasteiger charge is -2.20. The molecule has 23 heavy (non-hydrogen) atoms. The fourth-order valence-corrected chi connectivity index (χ4v) is 3.63. The molecule has 0 saturated heterocycles. The monoisotopic (exact) mass is 333 g/mol. The summed E-state index contributed by atoms with van der Waals surface area (Å²) in [5.74, 6) is -0.416. The SMILES string of the molecule is CCN(Cc1ccc(C(=O)OC)cc1)S(=O)(=O)c1ccccc1. The van der Waals surface area contributed by atoms with E-state index >= 15 is 0 Å². The number of hydrogen-bond acceptors (Lipinski definition) is 4. The number of carbonyl (C=O) groups is 1. The van der Waals surface area contributed by atoms with Gasteiger partial charge in [0, 0.05) is 13.1 Å². The van der Waals surface area contributed by atoms with Gasteiger partial charge in [-0.05, 0) is 29.8 Å². The van der Waals surface area contributed by atoms with E-state index in [1.165, 1.54) is 11.4 Å². The average Bonchev–Trinajstić information content (AvgIpc) is 2.60. The van der Waals surface area contributed by atoms with E-state index in [9.17, 15) is 13.2 Å². The second-order valence-corrected chi connectivity index (χ2v) is 6.87. The van der Waals surface area contributed by atoms with Gasteiger partial charge in [-0.15, -0.1) is 0 Å². The van der Waals surface area contributed by atoms with Crippen molar-refractivity contribution in [3.05, 3.63) is 65.7 Å². The third-order valence-corrected chi connectivity index (χ3v) is 5.40. The molecule has 0 bridgehead atoms. The molecule has 0 atom stereocenters. The summed E-state index contributed by atoms with van der Waals surface area (Å²) in [7, 11) is -2.22. The summed E-state index contributed by atoms with van der Waals surface area (Å²) in [5, 5.41) is 0. The summed E-state index contributed by atoms with van der Waals surface area (Å²) in [6.45, 7) is 2.40. The second kappa shape index (κ2) is 7.39. The first-order valence-corrected chi connectivity index (χ1v) is 8.65. The molecule has 2 rings (SSSR count). The lowest BCUT2D eigenvalue weighted by molar-refractivity contribution is 0.0600. The summed E-state index contributed by atoms with van der Waals surface area (Å²) in [6.07, 6.45) is 0. The number of esters is 1. The van der Waals surface area contributed by atoms with E-state index in [1.807, 2.05) is 0 Å². The summed E-state index contributed by atoms with van der Waals surface area (Å²) in [6, 6.07) is 15.1. The summed E-state index contributed by atoms with van der Waals surface area (Å²) >= 11 is 0. The molecule has 0 unspecified atom stereocenters. The summed E-state index contributed by atoms with van der Waals surface area (Å²) < 4.78 is 31.3. The number of benzene rings is 2. The van der Waals surface area contributed by atoms with Crippen molar-refractivity contribution in [1.82, 2.24) is 4.31 Å². The molecule has 0 aliphatic heterocycles. The van der Waals surface area contributed by atoms with Crippen LogP contribution >= 0.6 is 0 Å². The Kier molecular flexibility index (Phi) is 5.52. The third-order valence-electron chi connectivity index (χ3n) is 3.47. The van der Waals surface area contributed by atoms with E-state index in [2.05, 4.69) is 4.74 Å². The molecule has 0 heterocycles. The van der Waals surface area contributed by atoms with Gasteiger partial charge in [0.25, 0.3) is 0 Å². The third kappa shape index (κ3) is 3.97. The second-order valence-electron chi connectivity index (χ2n) is 4.93. The molecule has 2 aromatic rings. The first kappa shape index (κ1) is 17.2. The molecule has 5 nitrogen and oxygen atoms in total. The minimum atomic E-state index is -3.54. The van der Waals surface area contributed by atoms with Crippen LogP contribution in [0.2, 0.25) is 0 Å². The van der Waals surface area contributed by atoms with Crippen molar-refractivity contribution >= 4 is 16.0 Å². The predicted octanol–water partition coefficient (Wildman–Crippen LogP) is 2.68. The first-order valence-electron chi connectivity index (χ1n) is 7.21. The Labute approximate surface area is 136 Å². The smallest absolute Gasteiger partial charge is 0.337 e. The maximum atomic E-state index is 12.6. The fourth-order valence-electron chi connectivity index (χ4n) is 2.18. The molecule has 0 N–H and O–H groups in total. The topological polar surface area (TPSA) is 63.7 Å². The van der Waals surface area contributed by atoms with Crippen LogP contribution in [0.15, 0.2) is 59.5 Å². The van der Waals surface area contributed by atoms with Gasteiger partial charge < -0.3 is 4.74 Å². The number of carbonyl (C=O) groups excluding carboxylic acids is 1. The van der Waals surface area contributed by atoms with Gasteiger partial charge in [-0.25, -0.2) is 13.2 Å². The highest BCUT2D eigenvalue weighted by atomic mass is 32.2. The number of methoxy groups -OCH3 is 1. The molecule has 0 radical (unpaired) electrons. The molecule has 0 aliphatic carbocycles. The number of rotatable bonds is 6. The number of hydrogen-bond donors (Lipinski definition) is 0. The van der Waals surface area contributed by atoms with Crippen molar-refractivity contribution in [3.63, 3.8) is 0 Å². The Balaban J connectivity index is 2.21. The van der Waals surface area contributed by atoms with Crippen LogP contribution in [0.4, 0.5) is 0 Å². The normalized spacial score (nSPS) is 11.4. The zero-order valence-corrected chi connectivity index (χ0v) is 13.9. The van der Waals surface area contributed by atoms with Crippen LogP contribution in [0.5, 0.6) is 0 Å². The number of sulfonamides is 1. The van der Waals surface area contributed by atoms with Crippen LogP contribution in [0.1, 0.15) is 22.8 Å². The number of nitrogens with zero attached hydrogens (tertiary/aromatic N) is 1. The first-order chi connectivity index (χ1) is 11.0. The molecular weight excluding hydrogens is 314 g/mol.